The van der Waals surface area contributed by atoms with Gasteiger partial charge in [0.25, 0.3) is 0 Å². The van der Waals surface area contributed by atoms with Gasteiger partial charge in [0.05, 0.1) is 16.7 Å². The Balaban J connectivity index is 2.01. The number of rotatable bonds is 3. The van der Waals surface area contributed by atoms with Crippen LogP contribution in [0.4, 0.5) is 5.69 Å². The Labute approximate surface area is 144 Å². The van der Waals surface area contributed by atoms with E-state index in [-0.39, 0.29) is 0 Å². The molecule has 0 N–H and O–H groups in total. The van der Waals surface area contributed by atoms with Crippen LogP contribution in [0.5, 0.6) is 0 Å². The van der Waals surface area contributed by atoms with Gasteiger partial charge in [-0.25, -0.2) is 15.0 Å². The molecule has 2 aromatic carbocycles. The Kier molecular flexibility index (Phi) is 3.86. The van der Waals surface area contributed by atoms with Crippen molar-refractivity contribution in [2.45, 2.75) is 20.4 Å². The number of benzene rings is 2. The lowest BCUT2D eigenvalue weighted by Crippen LogP contribution is -2.18. The van der Waals surface area contributed by atoms with Crippen molar-refractivity contribution < 1.29 is 0 Å². The molecule has 0 unspecified atom stereocenters. The van der Waals surface area contributed by atoms with Crippen LogP contribution in [0, 0.1) is 5.92 Å². The molecule has 2 aromatic heterocycles. The molecule has 24 heavy (non-hydrogen) atoms. The van der Waals surface area contributed by atoms with Crippen LogP contribution in [-0.2, 0) is 6.54 Å². The number of hydrogen-bond acceptors (Lipinski definition) is 4. The monoisotopic (exact) mass is 334 g/mol. The maximum atomic E-state index is 4.84. The first-order valence-electron chi connectivity index (χ1n) is 8.06. The summed E-state index contributed by atoms with van der Waals surface area (Å²) in [5, 5.41) is 0. The van der Waals surface area contributed by atoms with E-state index in [1.54, 1.807) is 11.3 Å². The van der Waals surface area contributed by atoms with Crippen LogP contribution >= 0.6 is 11.3 Å². The van der Waals surface area contributed by atoms with Gasteiger partial charge in [0.1, 0.15) is 0 Å². The Morgan fingerprint density at radius 1 is 0.958 bits per heavy atom. The minimum absolute atomic E-state index is 0.505. The molecule has 0 radical (unpaired) electrons. The molecule has 120 valence electrons. The van der Waals surface area contributed by atoms with Gasteiger partial charge in [-0.2, -0.15) is 0 Å². The Morgan fingerprint density at radius 3 is 2.33 bits per heavy atom. The summed E-state index contributed by atoms with van der Waals surface area (Å²) in [6.07, 6.45) is 0. The second-order valence-corrected chi connectivity index (χ2v) is 7.13. The van der Waals surface area contributed by atoms with Crippen LogP contribution in [0.15, 0.2) is 59.6 Å². The number of aromatic nitrogens is 3. The van der Waals surface area contributed by atoms with Crippen molar-refractivity contribution in [2.75, 3.05) is 0 Å². The largest absolute Gasteiger partial charge is 0.299 e. The molecule has 0 saturated heterocycles. The molecule has 0 spiro atoms. The zero-order valence-corrected chi connectivity index (χ0v) is 14.5. The molecular formula is C19H18N4S. The summed E-state index contributed by atoms with van der Waals surface area (Å²) >= 11 is 1.60. The van der Waals surface area contributed by atoms with Crippen molar-refractivity contribution in [1.82, 2.24) is 14.5 Å². The van der Waals surface area contributed by atoms with Gasteiger partial charge in [0.15, 0.2) is 15.3 Å². The predicted octanol–water partition coefficient (Wildman–Crippen LogP) is 4.53. The van der Waals surface area contributed by atoms with Crippen LogP contribution in [0.2, 0.25) is 0 Å². The SMILES string of the molecule is CC(C)Cn1c(=Nc2ccccc2)sc2nc3ccccc3nc21. The molecule has 0 bridgehead atoms. The van der Waals surface area contributed by atoms with E-state index in [1.807, 2.05) is 54.6 Å². The Hall–Kier alpha value is -2.53. The first kappa shape index (κ1) is 15.0. The first-order chi connectivity index (χ1) is 11.7. The molecule has 5 heteroatoms. The third kappa shape index (κ3) is 2.83. The fourth-order valence-corrected chi connectivity index (χ4v) is 3.66. The lowest BCUT2D eigenvalue weighted by atomic mass is 10.2. The highest BCUT2D eigenvalue weighted by molar-refractivity contribution is 7.15. The van der Waals surface area contributed by atoms with Gasteiger partial charge in [0.2, 0.25) is 0 Å². The fraction of sp³-hybridized carbons (Fsp3) is 0.211. The summed E-state index contributed by atoms with van der Waals surface area (Å²) in [4.78, 5) is 16.3. The highest BCUT2D eigenvalue weighted by atomic mass is 32.1. The van der Waals surface area contributed by atoms with E-state index in [2.05, 4.69) is 18.4 Å². The van der Waals surface area contributed by atoms with Gasteiger partial charge in [-0.15, -0.1) is 0 Å². The predicted molar refractivity (Wildman–Crippen MR) is 99.4 cm³/mol. The maximum Gasteiger partial charge on any atom is 0.193 e. The minimum Gasteiger partial charge on any atom is -0.299 e. The van der Waals surface area contributed by atoms with Crippen LogP contribution in [0.3, 0.4) is 0 Å². The molecule has 0 aliphatic heterocycles. The molecule has 0 fully saturated rings. The molecule has 4 rings (SSSR count). The molecule has 2 heterocycles. The third-order valence-electron chi connectivity index (χ3n) is 3.72. The van der Waals surface area contributed by atoms with Crippen LogP contribution in [0.1, 0.15) is 13.8 Å². The maximum absolute atomic E-state index is 4.84. The summed E-state index contributed by atoms with van der Waals surface area (Å²) in [5.74, 6) is 0.505. The lowest BCUT2D eigenvalue weighted by Gasteiger charge is -2.07. The molecule has 0 aliphatic rings. The summed E-state index contributed by atoms with van der Waals surface area (Å²) in [7, 11) is 0. The second-order valence-electron chi connectivity index (χ2n) is 6.18. The standard InChI is InChI=1S/C19H18N4S/c1-13(2)12-23-17-18(22-16-11-7-6-10-15(16)21-17)24-19(23)20-14-8-4-3-5-9-14/h3-11,13H,12H2,1-2H3. The van der Waals surface area contributed by atoms with E-state index in [1.165, 1.54) is 0 Å². The third-order valence-corrected chi connectivity index (χ3v) is 4.69. The van der Waals surface area contributed by atoms with Crippen LogP contribution in [0.25, 0.3) is 21.5 Å². The zero-order chi connectivity index (χ0) is 16.5. The van der Waals surface area contributed by atoms with Gasteiger partial charge >= 0.3 is 0 Å². The second kappa shape index (κ2) is 6.17. The number of thiazole rings is 1. The summed E-state index contributed by atoms with van der Waals surface area (Å²) in [6, 6.07) is 18.0. The highest BCUT2D eigenvalue weighted by Crippen LogP contribution is 2.20. The summed E-state index contributed by atoms with van der Waals surface area (Å²) in [6.45, 7) is 5.28. The first-order valence-corrected chi connectivity index (χ1v) is 8.88. The van der Waals surface area contributed by atoms with E-state index < -0.39 is 0 Å². The summed E-state index contributed by atoms with van der Waals surface area (Å²) in [5.41, 5.74) is 3.72. The van der Waals surface area contributed by atoms with E-state index in [9.17, 15) is 0 Å². The van der Waals surface area contributed by atoms with Gasteiger partial charge in [-0.05, 0) is 30.2 Å². The number of nitrogens with zero attached hydrogens (tertiary/aromatic N) is 4. The van der Waals surface area contributed by atoms with Gasteiger partial charge < -0.3 is 0 Å². The summed E-state index contributed by atoms with van der Waals surface area (Å²) < 4.78 is 2.19. The van der Waals surface area contributed by atoms with Crippen molar-refractivity contribution in [3.05, 3.63) is 59.4 Å². The quantitative estimate of drug-likeness (QED) is 0.552. The van der Waals surface area contributed by atoms with E-state index in [4.69, 9.17) is 15.0 Å². The van der Waals surface area contributed by atoms with Crippen LogP contribution < -0.4 is 4.80 Å². The number of hydrogen-bond donors (Lipinski definition) is 0. The van der Waals surface area contributed by atoms with E-state index in [0.29, 0.717) is 5.92 Å². The minimum atomic E-state index is 0.505. The lowest BCUT2D eigenvalue weighted by molar-refractivity contribution is 0.523. The van der Waals surface area contributed by atoms with Gasteiger partial charge in [0, 0.05) is 6.54 Å². The van der Waals surface area contributed by atoms with Crippen molar-refractivity contribution >= 4 is 38.5 Å². The molecule has 0 saturated carbocycles. The van der Waals surface area contributed by atoms with E-state index in [0.717, 1.165) is 38.5 Å². The molecule has 0 amide bonds. The average Bonchev–Trinajstić information content (AvgIpc) is 2.90. The molecule has 4 nitrogen and oxygen atoms in total. The molecule has 0 atom stereocenters. The highest BCUT2D eigenvalue weighted by Gasteiger charge is 2.12. The van der Waals surface area contributed by atoms with Crippen molar-refractivity contribution in [2.24, 2.45) is 10.9 Å². The number of para-hydroxylation sites is 3. The van der Waals surface area contributed by atoms with E-state index >= 15 is 0 Å². The van der Waals surface area contributed by atoms with Crippen LogP contribution in [-0.4, -0.2) is 14.5 Å². The van der Waals surface area contributed by atoms with Crippen molar-refractivity contribution in [1.29, 1.82) is 0 Å². The molecule has 0 aliphatic carbocycles. The average molecular weight is 334 g/mol. The van der Waals surface area contributed by atoms with Crippen molar-refractivity contribution in [3.8, 4) is 0 Å². The topological polar surface area (TPSA) is 43.1 Å². The molecule has 4 aromatic rings. The Bertz CT molecular complexity index is 1060. The van der Waals surface area contributed by atoms with Gasteiger partial charge in [-0.1, -0.05) is 55.5 Å². The molecular weight excluding hydrogens is 316 g/mol. The Morgan fingerprint density at radius 2 is 1.62 bits per heavy atom. The zero-order valence-electron chi connectivity index (χ0n) is 13.7. The van der Waals surface area contributed by atoms with Crippen molar-refractivity contribution in [3.63, 3.8) is 0 Å². The number of fused-ring (bicyclic) bond motifs is 2. The fourth-order valence-electron chi connectivity index (χ4n) is 2.68. The van der Waals surface area contributed by atoms with Gasteiger partial charge in [-0.3, -0.25) is 4.57 Å². The normalized spacial score (nSPS) is 12.5. The smallest absolute Gasteiger partial charge is 0.193 e.